The standard InChI is InChI=1S/C37H54O5/c1-25(2)10-8-13-28(27-11-6-5-7-12-27)14-9-15-31(24-40)32-18-20-37(35(32)41)34-29(19-21-38)16-17-30(22-36(37,4)42)33(34)26(3)23-39/h9-10,14-17,23,29-30,32,34-35,38,40-42H,5-8,11-13,18-22,24H2,1-4H3/b14-9+,31-15-,33-26?/t29-,30-,32-,34-,35+,36+,37+/m0/s1. The minimum absolute atomic E-state index is 0.000616. The van der Waals surface area contributed by atoms with E-state index in [1.807, 2.05) is 19.9 Å². The van der Waals surface area contributed by atoms with Crippen LogP contribution >= 0.6 is 0 Å². The van der Waals surface area contributed by atoms with Gasteiger partial charge in [0.15, 0.2) is 0 Å². The van der Waals surface area contributed by atoms with Crippen molar-refractivity contribution in [3.8, 4) is 0 Å². The van der Waals surface area contributed by atoms with Crippen LogP contribution in [-0.4, -0.2) is 51.6 Å². The van der Waals surface area contributed by atoms with Crippen molar-refractivity contribution in [3.63, 3.8) is 0 Å². The lowest BCUT2D eigenvalue weighted by atomic mass is 9.46. The van der Waals surface area contributed by atoms with E-state index in [0.29, 0.717) is 31.3 Å². The van der Waals surface area contributed by atoms with Crippen molar-refractivity contribution in [2.45, 2.75) is 110 Å². The predicted molar refractivity (Wildman–Crippen MR) is 170 cm³/mol. The van der Waals surface area contributed by atoms with Crippen molar-refractivity contribution >= 4 is 6.29 Å². The van der Waals surface area contributed by atoms with Crippen molar-refractivity contribution < 1.29 is 25.2 Å². The van der Waals surface area contributed by atoms with E-state index in [0.717, 1.165) is 43.1 Å². The fraction of sp³-hybridized carbons (Fsp3) is 0.649. The number of rotatable bonds is 10. The lowest BCUT2D eigenvalue weighted by Crippen LogP contribution is -2.63. The van der Waals surface area contributed by atoms with Crippen LogP contribution in [0.5, 0.6) is 0 Å². The van der Waals surface area contributed by atoms with Crippen LogP contribution in [0.3, 0.4) is 0 Å². The highest BCUT2D eigenvalue weighted by molar-refractivity contribution is 5.74. The molecule has 0 aromatic carbocycles. The Hall–Kier alpha value is -2.05. The van der Waals surface area contributed by atoms with Crippen LogP contribution in [0.1, 0.15) is 98.3 Å². The number of aldehydes is 1. The monoisotopic (exact) mass is 578 g/mol. The summed E-state index contributed by atoms with van der Waals surface area (Å²) < 4.78 is 0. The molecule has 0 amide bonds. The molecule has 0 heterocycles. The summed E-state index contributed by atoms with van der Waals surface area (Å²) >= 11 is 0. The van der Waals surface area contributed by atoms with Crippen LogP contribution in [0.4, 0.5) is 0 Å². The van der Waals surface area contributed by atoms with Crippen molar-refractivity contribution in [2.75, 3.05) is 13.2 Å². The average Bonchev–Trinajstić information content (AvgIpc) is 3.31. The van der Waals surface area contributed by atoms with Crippen LogP contribution in [0.2, 0.25) is 0 Å². The Morgan fingerprint density at radius 2 is 1.83 bits per heavy atom. The van der Waals surface area contributed by atoms with Gasteiger partial charge in [-0.05, 0) is 120 Å². The second-order valence-corrected chi connectivity index (χ2v) is 13.8. The molecular weight excluding hydrogens is 524 g/mol. The van der Waals surface area contributed by atoms with Crippen molar-refractivity contribution in [2.24, 2.45) is 29.1 Å². The van der Waals surface area contributed by atoms with Crippen LogP contribution < -0.4 is 0 Å². The Bertz CT molecular complexity index is 1150. The highest BCUT2D eigenvalue weighted by Gasteiger charge is 2.67. The number of aliphatic hydroxyl groups excluding tert-OH is 3. The van der Waals surface area contributed by atoms with Gasteiger partial charge in [-0.2, -0.15) is 0 Å². The van der Waals surface area contributed by atoms with Crippen molar-refractivity contribution in [1.82, 2.24) is 0 Å². The Balaban J connectivity index is 1.67. The van der Waals surface area contributed by atoms with E-state index in [4.69, 9.17) is 0 Å². The number of hydrogen-bond donors (Lipinski definition) is 4. The summed E-state index contributed by atoms with van der Waals surface area (Å²) in [7, 11) is 0. The Kier molecular flexibility index (Phi) is 11.1. The van der Waals surface area contributed by atoms with E-state index < -0.39 is 17.1 Å². The van der Waals surface area contributed by atoms with E-state index in [-0.39, 0.29) is 36.9 Å². The molecule has 4 aliphatic rings. The molecule has 0 saturated heterocycles. The smallest absolute Gasteiger partial charge is 0.145 e. The molecule has 0 aromatic rings. The molecule has 0 unspecified atom stereocenters. The van der Waals surface area contributed by atoms with Gasteiger partial charge in [0.2, 0.25) is 0 Å². The summed E-state index contributed by atoms with van der Waals surface area (Å²) in [6.45, 7) is 7.80. The van der Waals surface area contributed by atoms with Gasteiger partial charge in [0.1, 0.15) is 6.29 Å². The molecular formula is C37H54O5. The summed E-state index contributed by atoms with van der Waals surface area (Å²) in [6.07, 6.45) is 23.1. The third-order valence-electron chi connectivity index (χ3n) is 10.9. The maximum atomic E-state index is 12.2. The highest BCUT2D eigenvalue weighted by Crippen LogP contribution is 2.66. The number of hydrogen-bond acceptors (Lipinski definition) is 5. The first kappa shape index (κ1) is 32.9. The van der Waals surface area contributed by atoms with Crippen LogP contribution in [0.15, 0.2) is 69.9 Å². The lowest BCUT2D eigenvalue weighted by molar-refractivity contribution is -0.181. The normalized spacial score (nSPS) is 36.0. The first-order valence-electron chi connectivity index (χ1n) is 16.3. The van der Waals surface area contributed by atoms with Crippen LogP contribution in [0.25, 0.3) is 0 Å². The zero-order chi connectivity index (χ0) is 30.5. The van der Waals surface area contributed by atoms with Gasteiger partial charge < -0.3 is 20.4 Å². The van der Waals surface area contributed by atoms with Gasteiger partial charge in [0, 0.05) is 23.9 Å². The molecule has 42 heavy (non-hydrogen) atoms. The number of carbonyl (C=O) groups excluding carboxylic acids is 1. The topological polar surface area (TPSA) is 98.0 Å². The molecule has 232 valence electrons. The molecule has 0 aliphatic heterocycles. The molecule has 4 N–H and O–H groups in total. The average molecular weight is 579 g/mol. The molecule has 5 heteroatoms. The van der Waals surface area contributed by atoms with Gasteiger partial charge in [0.05, 0.1) is 18.3 Å². The first-order valence-corrected chi connectivity index (χ1v) is 16.3. The van der Waals surface area contributed by atoms with E-state index in [2.05, 4.69) is 44.2 Å². The van der Waals surface area contributed by atoms with Gasteiger partial charge in [-0.25, -0.2) is 0 Å². The predicted octanol–water partition coefficient (Wildman–Crippen LogP) is 6.70. The quantitative estimate of drug-likeness (QED) is 0.100. The summed E-state index contributed by atoms with van der Waals surface area (Å²) in [6, 6.07) is 0. The van der Waals surface area contributed by atoms with Gasteiger partial charge in [-0.3, -0.25) is 4.79 Å². The van der Waals surface area contributed by atoms with Crippen molar-refractivity contribution in [3.05, 3.63) is 69.9 Å². The zero-order valence-corrected chi connectivity index (χ0v) is 26.3. The number of carbonyl (C=O) groups is 1. The molecule has 2 bridgehead atoms. The van der Waals surface area contributed by atoms with Crippen molar-refractivity contribution in [1.29, 1.82) is 0 Å². The largest absolute Gasteiger partial charge is 0.396 e. The zero-order valence-electron chi connectivity index (χ0n) is 26.3. The Morgan fingerprint density at radius 3 is 2.48 bits per heavy atom. The van der Waals surface area contributed by atoms with Gasteiger partial charge in [0.25, 0.3) is 0 Å². The molecule has 7 atom stereocenters. The maximum Gasteiger partial charge on any atom is 0.145 e. The number of allylic oxidation sites excluding steroid dienone is 11. The SMILES string of the molecule is CC(C)=CCCC(/C=C/C=C(/CO)[C@@H]1CC[C@]2([C@@H]1O)[C@@H]1C(=C(C)C=O)[C@@H](C=C[C@H]1CCO)C[C@@]2(C)O)=C1CCCCC1. The molecule has 3 saturated carbocycles. The van der Waals surface area contributed by atoms with Crippen LogP contribution in [-0.2, 0) is 4.79 Å². The molecule has 0 radical (unpaired) electrons. The van der Waals surface area contributed by atoms with E-state index in [9.17, 15) is 25.2 Å². The summed E-state index contributed by atoms with van der Waals surface area (Å²) in [5.74, 6) is -0.682. The minimum atomic E-state index is -1.17. The van der Waals surface area contributed by atoms with Gasteiger partial charge in [-0.15, -0.1) is 0 Å². The molecule has 4 rings (SSSR count). The molecule has 3 fully saturated rings. The second kappa shape index (κ2) is 14.2. The van der Waals surface area contributed by atoms with E-state index in [1.54, 1.807) is 5.57 Å². The summed E-state index contributed by atoms with van der Waals surface area (Å²) in [5.41, 5.74) is 4.69. The lowest BCUT2D eigenvalue weighted by Gasteiger charge is -2.60. The Labute approximate surface area is 253 Å². The fourth-order valence-electron chi connectivity index (χ4n) is 8.91. The van der Waals surface area contributed by atoms with Crippen LogP contribution in [0, 0.1) is 29.1 Å². The maximum absolute atomic E-state index is 12.2. The second-order valence-electron chi connectivity index (χ2n) is 13.8. The Morgan fingerprint density at radius 1 is 1.10 bits per heavy atom. The number of fused-ring (bicyclic) bond motifs is 3. The van der Waals surface area contributed by atoms with E-state index >= 15 is 0 Å². The summed E-state index contributed by atoms with van der Waals surface area (Å²) in [5, 5.41) is 44.7. The number of aliphatic hydroxyl groups is 4. The highest BCUT2D eigenvalue weighted by atomic mass is 16.3. The molecule has 4 aliphatic carbocycles. The van der Waals surface area contributed by atoms with Gasteiger partial charge in [-0.1, -0.05) is 59.6 Å². The fourth-order valence-corrected chi connectivity index (χ4v) is 8.91. The summed E-state index contributed by atoms with van der Waals surface area (Å²) in [4.78, 5) is 12.0. The molecule has 0 aromatic heterocycles. The third kappa shape index (κ3) is 6.40. The minimum Gasteiger partial charge on any atom is -0.396 e. The third-order valence-corrected chi connectivity index (χ3v) is 10.9. The molecule has 1 spiro atoms. The van der Waals surface area contributed by atoms with E-state index in [1.165, 1.54) is 30.4 Å². The molecule has 5 nitrogen and oxygen atoms in total. The van der Waals surface area contributed by atoms with Gasteiger partial charge >= 0.3 is 0 Å². The first-order chi connectivity index (χ1) is 20.1.